The third kappa shape index (κ3) is 4.10. The Morgan fingerprint density at radius 3 is 2.72 bits per heavy atom. The molecule has 0 radical (unpaired) electrons. The summed E-state index contributed by atoms with van der Waals surface area (Å²) in [4.78, 5) is 19.5. The van der Waals surface area contributed by atoms with Gasteiger partial charge in [-0.05, 0) is 62.6 Å². The largest absolute Gasteiger partial charge is 0.461 e. The number of hydrogen-bond acceptors (Lipinski definition) is 7. The van der Waals surface area contributed by atoms with Crippen LogP contribution in [0.3, 0.4) is 0 Å². The number of fused-ring (bicyclic) bond motifs is 4. The van der Waals surface area contributed by atoms with Gasteiger partial charge in [-0.3, -0.25) is 4.90 Å². The summed E-state index contributed by atoms with van der Waals surface area (Å²) in [5, 5.41) is 5.35. The van der Waals surface area contributed by atoms with Gasteiger partial charge in [0.2, 0.25) is 0 Å². The Morgan fingerprint density at radius 1 is 1.07 bits per heavy atom. The quantitative estimate of drug-likeness (QED) is 0.338. The van der Waals surface area contributed by atoms with Gasteiger partial charge >= 0.3 is 6.01 Å². The van der Waals surface area contributed by atoms with Gasteiger partial charge in [0, 0.05) is 36.6 Å². The fourth-order valence-corrected chi connectivity index (χ4v) is 8.09. The van der Waals surface area contributed by atoms with Crippen LogP contribution in [0.5, 0.6) is 6.01 Å². The topological polar surface area (TPSA) is 66.4 Å². The Balaban J connectivity index is 1.34. The molecule has 43 heavy (non-hydrogen) atoms. The third-order valence-electron chi connectivity index (χ3n) is 10.2. The van der Waals surface area contributed by atoms with E-state index in [1.54, 1.807) is 12.1 Å². The second kappa shape index (κ2) is 10.1. The number of anilines is 1. The van der Waals surface area contributed by atoms with Crippen LogP contribution < -0.4 is 15.0 Å². The molecular weight excluding hydrogens is 546 g/mol. The first-order chi connectivity index (χ1) is 21.0. The average molecular weight is 581 g/mol. The number of nitrogens with zero attached hydrogens (tertiary/aromatic N) is 5. The summed E-state index contributed by atoms with van der Waals surface area (Å²) in [6.45, 7) is 7.23. The van der Waals surface area contributed by atoms with Crippen LogP contribution in [0.2, 0.25) is 0 Å². The minimum Gasteiger partial charge on any atom is -0.461 e. The molecule has 0 spiro atoms. The van der Waals surface area contributed by atoms with Crippen LogP contribution in [0.15, 0.2) is 30.3 Å². The molecule has 9 heteroatoms. The second-order valence-corrected chi connectivity index (χ2v) is 12.6. The summed E-state index contributed by atoms with van der Waals surface area (Å²) in [6.07, 6.45) is 10.9. The predicted octanol–water partition coefficient (Wildman–Crippen LogP) is 5.08. The molecule has 3 fully saturated rings. The van der Waals surface area contributed by atoms with E-state index in [0.717, 1.165) is 69.5 Å². The third-order valence-corrected chi connectivity index (χ3v) is 10.2. The molecule has 0 aliphatic carbocycles. The molecule has 8 rings (SSSR count). The number of halogens is 2. The van der Waals surface area contributed by atoms with Gasteiger partial charge in [0.05, 0.1) is 22.2 Å². The molecule has 2 atom stereocenters. The molecule has 3 saturated heterocycles. The van der Waals surface area contributed by atoms with Crippen LogP contribution in [0.25, 0.3) is 32.9 Å². The van der Waals surface area contributed by atoms with E-state index in [1.165, 1.54) is 6.07 Å². The van der Waals surface area contributed by atoms with Crippen LogP contribution in [0.1, 0.15) is 43.9 Å². The van der Waals surface area contributed by atoms with Crippen molar-refractivity contribution in [2.75, 3.05) is 44.2 Å². The van der Waals surface area contributed by atoms with Crippen LogP contribution in [0.4, 0.5) is 14.6 Å². The lowest BCUT2D eigenvalue weighted by atomic mass is 9.93. The maximum absolute atomic E-state index is 16.9. The SMILES string of the molecule is C#Cc1c(F)ccc2cccc(-c3nc4c5c(nc(OCC67CCCN6CCC7)nc5c3F)N3CCNCC3[C@@H](C)C4)c12. The first-order valence-electron chi connectivity index (χ1n) is 15.4. The highest BCUT2D eigenvalue weighted by Crippen LogP contribution is 2.43. The number of ether oxygens (including phenoxy) is 1. The van der Waals surface area contributed by atoms with Gasteiger partial charge in [-0.1, -0.05) is 37.1 Å². The highest BCUT2D eigenvalue weighted by Gasteiger charge is 2.45. The zero-order valence-corrected chi connectivity index (χ0v) is 24.3. The molecule has 1 unspecified atom stereocenters. The summed E-state index contributed by atoms with van der Waals surface area (Å²) in [6, 6.07) is 8.80. The normalized spacial score (nSPS) is 22.8. The van der Waals surface area contributed by atoms with E-state index < -0.39 is 11.6 Å². The number of terminal acetylenes is 1. The second-order valence-electron chi connectivity index (χ2n) is 12.6. The van der Waals surface area contributed by atoms with Gasteiger partial charge in [-0.25, -0.2) is 13.8 Å². The summed E-state index contributed by atoms with van der Waals surface area (Å²) in [5.74, 6) is 2.29. The van der Waals surface area contributed by atoms with Crippen LogP contribution in [-0.4, -0.2) is 70.8 Å². The van der Waals surface area contributed by atoms with Gasteiger partial charge in [-0.2, -0.15) is 9.97 Å². The molecule has 2 aromatic heterocycles. The summed E-state index contributed by atoms with van der Waals surface area (Å²) in [5.41, 5.74) is 1.60. The van der Waals surface area contributed by atoms with E-state index in [2.05, 4.69) is 28.0 Å². The lowest BCUT2D eigenvalue weighted by Crippen LogP contribution is -2.54. The van der Waals surface area contributed by atoms with E-state index in [4.69, 9.17) is 26.1 Å². The molecule has 0 bridgehead atoms. The minimum absolute atomic E-state index is 0.00426. The minimum atomic E-state index is -0.574. The number of aromatic nitrogens is 3. The zero-order chi connectivity index (χ0) is 29.3. The standard InChI is InChI=1S/C34H34F2N6O/c1-3-22-24(35)10-9-21-7-4-8-23(27(21)22)30-29(36)31-28-25(38-30)17-20(2)26-18-37-13-16-42(26)32(28)40-33(39-31)43-19-34-11-5-14-41(34)15-6-12-34/h1,4,7-10,20,26,37H,5-6,11-19H2,2H3/t20-,26?/m0/s1. The summed E-state index contributed by atoms with van der Waals surface area (Å²) < 4.78 is 38.2. The van der Waals surface area contributed by atoms with Crippen molar-refractivity contribution < 1.29 is 13.5 Å². The lowest BCUT2D eigenvalue weighted by Gasteiger charge is -2.39. The lowest BCUT2D eigenvalue weighted by molar-refractivity contribution is 0.108. The number of hydrogen-bond donors (Lipinski definition) is 1. The van der Waals surface area contributed by atoms with E-state index in [-0.39, 0.29) is 40.3 Å². The van der Waals surface area contributed by atoms with Gasteiger partial charge in [0.1, 0.15) is 29.5 Å². The van der Waals surface area contributed by atoms with Crippen molar-refractivity contribution in [2.45, 2.75) is 50.6 Å². The molecule has 7 nitrogen and oxygen atoms in total. The van der Waals surface area contributed by atoms with Crippen molar-refractivity contribution >= 4 is 27.5 Å². The molecule has 0 amide bonds. The van der Waals surface area contributed by atoms with E-state index >= 15 is 4.39 Å². The fourth-order valence-electron chi connectivity index (χ4n) is 8.09. The van der Waals surface area contributed by atoms with Crippen LogP contribution in [-0.2, 0) is 6.42 Å². The molecule has 6 heterocycles. The Hall–Kier alpha value is -3.87. The van der Waals surface area contributed by atoms with Gasteiger partial charge < -0.3 is 15.0 Å². The van der Waals surface area contributed by atoms with Crippen molar-refractivity contribution in [1.29, 1.82) is 0 Å². The Morgan fingerprint density at radius 2 is 1.91 bits per heavy atom. The summed E-state index contributed by atoms with van der Waals surface area (Å²) >= 11 is 0. The Bertz CT molecular complexity index is 1810. The van der Waals surface area contributed by atoms with Crippen molar-refractivity contribution in [3.05, 3.63) is 53.2 Å². The number of rotatable bonds is 4. The molecule has 4 aliphatic heterocycles. The maximum atomic E-state index is 16.9. The smallest absolute Gasteiger partial charge is 0.319 e. The molecule has 4 aromatic rings. The van der Waals surface area contributed by atoms with Crippen LogP contribution in [0, 0.1) is 29.9 Å². The van der Waals surface area contributed by atoms with E-state index in [0.29, 0.717) is 35.2 Å². The Labute approximate surface area is 249 Å². The van der Waals surface area contributed by atoms with Gasteiger partial charge in [-0.15, -0.1) is 6.42 Å². The van der Waals surface area contributed by atoms with Crippen molar-refractivity contribution in [1.82, 2.24) is 25.2 Å². The maximum Gasteiger partial charge on any atom is 0.319 e. The molecule has 2 aromatic carbocycles. The highest BCUT2D eigenvalue weighted by molar-refractivity contribution is 6.02. The fraction of sp³-hybridized carbons (Fsp3) is 0.441. The molecule has 1 N–H and O–H groups in total. The molecule has 0 saturated carbocycles. The summed E-state index contributed by atoms with van der Waals surface area (Å²) in [7, 11) is 0. The van der Waals surface area contributed by atoms with Gasteiger partial charge in [0.15, 0.2) is 5.82 Å². The molecule has 4 aliphatic rings. The van der Waals surface area contributed by atoms with Crippen LogP contribution >= 0.6 is 0 Å². The van der Waals surface area contributed by atoms with E-state index in [9.17, 15) is 4.39 Å². The van der Waals surface area contributed by atoms with Crippen molar-refractivity contribution in [3.63, 3.8) is 0 Å². The number of piperazine rings is 1. The number of benzene rings is 2. The van der Waals surface area contributed by atoms with Crippen molar-refractivity contribution in [3.8, 4) is 29.6 Å². The predicted molar refractivity (Wildman–Crippen MR) is 163 cm³/mol. The van der Waals surface area contributed by atoms with E-state index in [1.807, 2.05) is 12.1 Å². The van der Waals surface area contributed by atoms with Crippen molar-refractivity contribution in [2.24, 2.45) is 5.92 Å². The monoisotopic (exact) mass is 580 g/mol. The Kier molecular flexibility index (Phi) is 6.28. The average Bonchev–Trinajstić information content (AvgIpc) is 3.58. The highest BCUT2D eigenvalue weighted by atomic mass is 19.1. The molecule has 220 valence electrons. The van der Waals surface area contributed by atoms with Gasteiger partial charge in [0.25, 0.3) is 0 Å². The first-order valence-corrected chi connectivity index (χ1v) is 15.4. The first kappa shape index (κ1) is 26.7. The number of pyridine rings is 1. The zero-order valence-electron chi connectivity index (χ0n) is 24.3. The molecular formula is C34H34F2N6O. The number of nitrogens with one attached hydrogen (secondary N) is 1.